The van der Waals surface area contributed by atoms with Gasteiger partial charge in [-0.25, -0.2) is 0 Å². The summed E-state index contributed by atoms with van der Waals surface area (Å²) < 4.78 is 7.77. The Morgan fingerprint density at radius 2 is 2.05 bits per heavy atom. The van der Waals surface area contributed by atoms with Crippen LogP contribution in [-0.4, -0.2) is 9.78 Å². The molecule has 0 saturated heterocycles. The molecule has 2 rings (SSSR count). The van der Waals surface area contributed by atoms with Crippen LogP contribution in [0.3, 0.4) is 0 Å². The smallest absolute Gasteiger partial charge is 0.165 e. The molecule has 102 valence electrons. The summed E-state index contributed by atoms with van der Waals surface area (Å²) in [6.45, 7) is 6.23. The maximum Gasteiger partial charge on any atom is 0.165 e. The number of ether oxygens (including phenoxy) is 1. The van der Waals surface area contributed by atoms with Crippen LogP contribution in [0.5, 0.6) is 11.5 Å². The molecular formula is C15H21N3O. The molecule has 0 bridgehead atoms. The quantitative estimate of drug-likeness (QED) is 0.891. The molecule has 0 unspecified atom stereocenters. The van der Waals surface area contributed by atoms with Gasteiger partial charge < -0.3 is 10.5 Å². The van der Waals surface area contributed by atoms with Gasteiger partial charge in [0.05, 0.1) is 12.4 Å². The highest BCUT2D eigenvalue weighted by molar-refractivity contribution is 5.38. The zero-order chi connectivity index (χ0) is 13.8. The standard InChI is InChI=1S/C15H21N3O/c1-4-14(16)13-7-5-6-8-15(13)19-12-9-17-18(10-12)11(2)3/h5-11,14H,4,16H2,1-3H3/t14-/m1/s1. The molecule has 1 atom stereocenters. The van der Waals surface area contributed by atoms with Crippen LogP contribution in [0.1, 0.15) is 44.8 Å². The van der Waals surface area contributed by atoms with Gasteiger partial charge in [0, 0.05) is 17.6 Å². The van der Waals surface area contributed by atoms with E-state index in [0.717, 1.165) is 23.5 Å². The average molecular weight is 259 g/mol. The van der Waals surface area contributed by atoms with Gasteiger partial charge in [-0.1, -0.05) is 25.1 Å². The fourth-order valence-electron chi connectivity index (χ4n) is 1.88. The molecule has 0 aliphatic rings. The molecule has 0 fully saturated rings. The van der Waals surface area contributed by atoms with E-state index < -0.39 is 0 Å². The zero-order valence-electron chi connectivity index (χ0n) is 11.7. The lowest BCUT2D eigenvalue weighted by molar-refractivity contribution is 0.464. The topological polar surface area (TPSA) is 53.1 Å². The first-order valence-electron chi connectivity index (χ1n) is 6.68. The third kappa shape index (κ3) is 3.15. The van der Waals surface area contributed by atoms with E-state index in [0.29, 0.717) is 6.04 Å². The van der Waals surface area contributed by atoms with Crippen molar-refractivity contribution in [3.63, 3.8) is 0 Å². The van der Waals surface area contributed by atoms with Gasteiger partial charge in [0.2, 0.25) is 0 Å². The Labute approximate surface area is 114 Å². The number of para-hydroxylation sites is 1. The van der Waals surface area contributed by atoms with Crippen LogP contribution in [0.25, 0.3) is 0 Å². The van der Waals surface area contributed by atoms with Crippen LogP contribution >= 0.6 is 0 Å². The molecule has 0 spiro atoms. The first-order valence-corrected chi connectivity index (χ1v) is 6.68. The Hall–Kier alpha value is -1.81. The van der Waals surface area contributed by atoms with Crippen molar-refractivity contribution in [2.45, 2.75) is 39.3 Å². The van der Waals surface area contributed by atoms with Crippen molar-refractivity contribution in [3.05, 3.63) is 42.2 Å². The molecule has 1 heterocycles. The van der Waals surface area contributed by atoms with Gasteiger partial charge in [-0.3, -0.25) is 4.68 Å². The Morgan fingerprint density at radius 3 is 2.68 bits per heavy atom. The van der Waals surface area contributed by atoms with E-state index in [4.69, 9.17) is 10.5 Å². The van der Waals surface area contributed by atoms with E-state index in [2.05, 4.69) is 25.9 Å². The van der Waals surface area contributed by atoms with Crippen molar-refractivity contribution >= 4 is 0 Å². The van der Waals surface area contributed by atoms with Gasteiger partial charge in [0.15, 0.2) is 5.75 Å². The number of nitrogens with two attached hydrogens (primary N) is 1. The van der Waals surface area contributed by atoms with Crippen LogP contribution in [0.4, 0.5) is 0 Å². The van der Waals surface area contributed by atoms with Gasteiger partial charge in [0.1, 0.15) is 5.75 Å². The molecule has 19 heavy (non-hydrogen) atoms. The molecule has 0 amide bonds. The van der Waals surface area contributed by atoms with Gasteiger partial charge in [0.25, 0.3) is 0 Å². The summed E-state index contributed by atoms with van der Waals surface area (Å²) in [6.07, 6.45) is 4.51. The summed E-state index contributed by atoms with van der Waals surface area (Å²) in [7, 11) is 0. The maximum absolute atomic E-state index is 6.10. The third-order valence-electron chi connectivity index (χ3n) is 3.09. The van der Waals surface area contributed by atoms with Crippen molar-refractivity contribution in [3.8, 4) is 11.5 Å². The number of benzene rings is 1. The number of hydrogen-bond acceptors (Lipinski definition) is 3. The molecule has 0 aliphatic heterocycles. The Balaban J connectivity index is 2.22. The summed E-state index contributed by atoms with van der Waals surface area (Å²) >= 11 is 0. The summed E-state index contributed by atoms with van der Waals surface area (Å²) in [5.41, 5.74) is 7.13. The van der Waals surface area contributed by atoms with Crippen LogP contribution in [0.15, 0.2) is 36.7 Å². The average Bonchev–Trinajstić information content (AvgIpc) is 2.87. The van der Waals surface area contributed by atoms with Crippen LogP contribution in [0.2, 0.25) is 0 Å². The zero-order valence-corrected chi connectivity index (χ0v) is 11.7. The van der Waals surface area contributed by atoms with Crippen molar-refractivity contribution in [2.75, 3.05) is 0 Å². The minimum Gasteiger partial charge on any atom is -0.454 e. The Kier molecular flexibility index (Phi) is 4.22. The minimum atomic E-state index is -0.00339. The number of nitrogens with zero attached hydrogens (tertiary/aromatic N) is 2. The van der Waals surface area contributed by atoms with E-state index in [1.807, 2.05) is 35.1 Å². The summed E-state index contributed by atoms with van der Waals surface area (Å²) in [4.78, 5) is 0. The maximum atomic E-state index is 6.10. The van der Waals surface area contributed by atoms with E-state index in [-0.39, 0.29) is 6.04 Å². The molecule has 4 nitrogen and oxygen atoms in total. The lowest BCUT2D eigenvalue weighted by Gasteiger charge is -2.14. The van der Waals surface area contributed by atoms with E-state index in [9.17, 15) is 0 Å². The molecule has 1 aromatic heterocycles. The van der Waals surface area contributed by atoms with Crippen molar-refractivity contribution < 1.29 is 4.74 Å². The second kappa shape index (κ2) is 5.89. The van der Waals surface area contributed by atoms with E-state index in [1.165, 1.54) is 0 Å². The van der Waals surface area contributed by atoms with Crippen molar-refractivity contribution in [1.29, 1.82) is 0 Å². The molecular weight excluding hydrogens is 238 g/mol. The highest BCUT2D eigenvalue weighted by atomic mass is 16.5. The second-order valence-electron chi connectivity index (χ2n) is 4.90. The summed E-state index contributed by atoms with van der Waals surface area (Å²) in [5.74, 6) is 1.55. The van der Waals surface area contributed by atoms with Gasteiger partial charge in [-0.15, -0.1) is 0 Å². The lowest BCUT2D eigenvalue weighted by atomic mass is 10.0. The third-order valence-corrected chi connectivity index (χ3v) is 3.09. The Morgan fingerprint density at radius 1 is 1.32 bits per heavy atom. The first kappa shape index (κ1) is 13.6. The second-order valence-corrected chi connectivity index (χ2v) is 4.90. The fraction of sp³-hybridized carbons (Fsp3) is 0.400. The predicted octanol–water partition coefficient (Wildman–Crippen LogP) is 3.67. The molecule has 4 heteroatoms. The van der Waals surface area contributed by atoms with Crippen LogP contribution < -0.4 is 10.5 Å². The monoisotopic (exact) mass is 259 g/mol. The SMILES string of the molecule is CC[C@@H](N)c1ccccc1Oc1cnn(C(C)C)c1. The number of hydrogen-bond donors (Lipinski definition) is 1. The highest BCUT2D eigenvalue weighted by Crippen LogP contribution is 2.29. The first-order chi connectivity index (χ1) is 9.11. The summed E-state index contributed by atoms with van der Waals surface area (Å²) in [5, 5.41) is 4.27. The van der Waals surface area contributed by atoms with Gasteiger partial charge >= 0.3 is 0 Å². The predicted molar refractivity (Wildman–Crippen MR) is 76.3 cm³/mol. The van der Waals surface area contributed by atoms with Crippen LogP contribution in [0, 0.1) is 0 Å². The van der Waals surface area contributed by atoms with Gasteiger partial charge in [-0.05, 0) is 26.3 Å². The van der Waals surface area contributed by atoms with Gasteiger partial charge in [-0.2, -0.15) is 5.10 Å². The molecule has 0 radical (unpaired) electrons. The number of rotatable bonds is 5. The van der Waals surface area contributed by atoms with Crippen molar-refractivity contribution in [1.82, 2.24) is 9.78 Å². The fourth-order valence-corrected chi connectivity index (χ4v) is 1.88. The molecule has 1 aromatic carbocycles. The molecule has 2 aromatic rings. The number of aromatic nitrogens is 2. The van der Waals surface area contributed by atoms with Crippen LogP contribution in [-0.2, 0) is 0 Å². The van der Waals surface area contributed by atoms with E-state index in [1.54, 1.807) is 6.20 Å². The molecule has 2 N–H and O–H groups in total. The summed E-state index contributed by atoms with van der Waals surface area (Å²) in [6, 6.07) is 8.21. The normalized spacial score (nSPS) is 12.7. The largest absolute Gasteiger partial charge is 0.454 e. The molecule has 0 aliphatic carbocycles. The Bertz CT molecular complexity index is 534. The minimum absolute atomic E-state index is 0.00339. The molecule has 0 saturated carbocycles. The van der Waals surface area contributed by atoms with E-state index >= 15 is 0 Å². The van der Waals surface area contributed by atoms with Crippen molar-refractivity contribution in [2.24, 2.45) is 5.73 Å². The highest BCUT2D eigenvalue weighted by Gasteiger charge is 2.11. The lowest BCUT2D eigenvalue weighted by Crippen LogP contribution is -2.09.